The summed E-state index contributed by atoms with van der Waals surface area (Å²) in [4.78, 5) is 16.3. The van der Waals surface area contributed by atoms with E-state index in [9.17, 15) is 9.90 Å². The first-order valence-corrected chi connectivity index (χ1v) is 7.29. The summed E-state index contributed by atoms with van der Waals surface area (Å²) >= 11 is 0. The molecule has 1 aliphatic carbocycles. The Bertz CT molecular complexity index is 848. The van der Waals surface area contributed by atoms with Crippen molar-refractivity contribution >= 4 is 17.4 Å². The molecule has 0 saturated heterocycles. The number of hydrogen-bond acceptors (Lipinski definition) is 3. The first-order chi connectivity index (χ1) is 10.7. The quantitative estimate of drug-likeness (QED) is 0.780. The SMILES string of the molecule is O=C(Nc1cn2c(-c3ccc(O)cc3)cccc2n1)C1CC1. The number of nitrogens with one attached hydrogen (secondary N) is 1. The van der Waals surface area contributed by atoms with Gasteiger partial charge in [-0.3, -0.25) is 9.20 Å². The molecule has 1 amide bonds. The van der Waals surface area contributed by atoms with Crippen molar-refractivity contribution in [1.29, 1.82) is 0 Å². The van der Waals surface area contributed by atoms with Gasteiger partial charge in [-0.25, -0.2) is 4.98 Å². The molecule has 22 heavy (non-hydrogen) atoms. The van der Waals surface area contributed by atoms with Crippen LogP contribution in [0.5, 0.6) is 5.75 Å². The van der Waals surface area contributed by atoms with Crippen LogP contribution in [0.1, 0.15) is 12.8 Å². The van der Waals surface area contributed by atoms with E-state index in [2.05, 4.69) is 10.3 Å². The van der Waals surface area contributed by atoms with E-state index in [1.165, 1.54) is 0 Å². The third kappa shape index (κ3) is 2.30. The molecule has 0 spiro atoms. The minimum atomic E-state index is 0.0505. The number of rotatable bonds is 3. The number of aromatic nitrogens is 2. The Hall–Kier alpha value is -2.82. The van der Waals surface area contributed by atoms with Gasteiger partial charge in [-0.15, -0.1) is 0 Å². The van der Waals surface area contributed by atoms with Crippen LogP contribution in [0, 0.1) is 5.92 Å². The van der Waals surface area contributed by atoms with E-state index in [0.717, 1.165) is 29.7 Å². The molecule has 0 radical (unpaired) electrons. The monoisotopic (exact) mass is 293 g/mol. The Morgan fingerprint density at radius 3 is 2.68 bits per heavy atom. The van der Waals surface area contributed by atoms with Crippen molar-refractivity contribution in [3.05, 3.63) is 48.7 Å². The lowest BCUT2D eigenvalue weighted by molar-refractivity contribution is -0.117. The van der Waals surface area contributed by atoms with Gasteiger partial charge in [-0.2, -0.15) is 0 Å². The minimum absolute atomic E-state index is 0.0505. The highest BCUT2D eigenvalue weighted by Crippen LogP contribution is 2.30. The second-order valence-corrected chi connectivity index (χ2v) is 5.58. The van der Waals surface area contributed by atoms with Gasteiger partial charge in [0.2, 0.25) is 5.91 Å². The number of phenolic OH excluding ortho intramolecular Hbond substituents is 1. The lowest BCUT2D eigenvalue weighted by Crippen LogP contribution is -2.13. The molecule has 1 aromatic carbocycles. The number of hydrogen-bond donors (Lipinski definition) is 2. The van der Waals surface area contributed by atoms with Gasteiger partial charge in [0, 0.05) is 5.92 Å². The van der Waals surface area contributed by atoms with Gasteiger partial charge in [-0.1, -0.05) is 6.07 Å². The fourth-order valence-corrected chi connectivity index (χ4v) is 2.51. The van der Waals surface area contributed by atoms with E-state index in [1.54, 1.807) is 12.1 Å². The molecule has 2 N–H and O–H groups in total. The summed E-state index contributed by atoms with van der Waals surface area (Å²) in [5, 5.41) is 12.3. The predicted octanol–water partition coefficient (Wildman–Crippen LogP) is 3.06. The van der Waals surface area contributed by atoms with Gasteiger partial charge in [0.1, 0.15) is 11.4 Å². The Balaban J connectivity index is 1.74. The van der Waals surface area contributed by atoms with Gasteiger partial charge in [0.05, 0.1) is 11.9 Å². The Morgan fingerprint density at radius 1 is 1.18 bits per heavy atom. The summed E-state index contributed by atoms with van der Waals surface area (Å²) in [6.07, 6.45) is 3.77. The third-order valence-electron chi connectivity index (χ3n) is 3.85. The van der Waals surface area contributed by atoms with Crippen LogP contribution in [0.25, 0.3) is 16.9 Å². The summed E-state index contributed by atoms with van der Waals surface area (Å²) in [6, 6.07) is 12.8. The summed E-state index contributed by atoms with van der Waals surface area (Å²) < 4.78 is 1.94. The second kappa shape index (κ2) is 4.87. The fraction of sp³-hybridized carbons (Fsp3) is 0.176. The van der Waals surface area contributed by atoms with Crippen LogP contribution in [0.3, 0.4) is 0 Å². The van der Waals surface area contributed by atoms with Gasteiger partial charge in [0.25, 0.3) is 0 Å². The number of anilines is 1. The zero-order chi connectivity index (χ0) is 15.1. The molecule has 5 nitrogen and oxygen atoms in total. The van der Waals surface area contributed by atoms with Crippen LogP contribution in [-0.4, -0.2) is 20.4 Å². The number of carbonyl (C=O) groups excluding carboxylic acids is 1. The molecular weight excluding hydrogens is 278 g/mol. The molecule has 5 heteroatoms. The van der Waals surface area contributed by atoms with Crippen molar-refractivity contribution in [3.8, 4) is 17.0 Å². The largest absolute Gasteiger partial charge is 0.508 e. The average Bonchev–Trinajstić information content (AvgIpc) is 3.28. The highest BCUT2D eigenvalue weighted by Gasteiger charge is 2.30. The Morgan fingerprint density at radius 2 is 1.95 bits per heavy atom. The molecule has 0 atom stereocenters. The predicted molar refractivity (Wildman–Crippen MR) is 83.6 cm³/mol. The number of nitrogens with zero attached hydrogens (tertiary/aromatic N) is 2. The molecule has 110 valence electrons. The highest BCUT2D eigenvalue weighted by atomic mass is 16.3. The molecule has 0 bridgehead atoms. The molecule has 1 saturated carbocycles. The van der Waals surface area contributed by atoms with Crippen LogP contribution in [0.15, 0.2) is 48.7 Å². The number of fused-ring (bicyclic) bond motifs is 1. The number of aromatic hydroxyl groups is 1. The van der Waals surface area contributed by atoms with Crippen molar-refractivity contribution < 1.29 is 9.90 Å². The van der Waals surface area contributed by atoms with Crippen LogP contribution in [0.4, 0.5) is 5.82 Å². The smallest absolute Gasteiger partial charge is 0.228 e. The number of carbonyl (C=O) groups is 1. The van der Waals surface area contributed by atoms with Gasteiger partial charge < -0.3 is 10.4 Å². The topological polar surface area (TPSA) is 66.6 Å². The molecule has 1 fully saturated rings. The van der Waals surface area contributed by atoms with Crippen molar-refractivity contribution in [2.24, 2.45) is 5.92 Å². The first-order valence-electron chi connectivity index (χ1n) is 7.29. The summed E-state index contributed by atoms with van der Waals surface area (Å²) in [5.74, 6) is 1.01. The van der Waals surface area contributed by atoms with Gasteiger partial charge >= 0.3 is 0 Å². The molecule has 0 aliphatic heterocycles. The summed E-state index contributed by atoms with van der Waals surface area (Å²) in [7, 11) is 0. The van der Waals surface area contributed by atoms with Gasteiger partial charge in [0.15, 0.2) is 5.82 Å². The maximum absolute atomic E-state index is 11.9. The van der Waals surface area contributed by atoms with E-state index >= 15 is 0 Å². The maximum atomic E-state index is 11.9. The zero-order valence-electron chi connectivity index (χ0n) is 11.9. The maximum Gasteiger partial charge on any atom is 0.228 e. The third-order valence-corrected chi connectivity index (χ3v) is 3.85. The van der Waals surface area contributed by atoms with Crippen LogP contribution >= 0.6 is 0 Å². The molecule has 2 heterocycles. The number of pyridine rings is 1. The van der Waals surface area contributed by atoms with Crippen LogP contribution in [0.2, 0.25) is 0 Å². The Kier molecular flexibility index (Phi) is 2.85. The average molecular weight is 293 g/mol. The minimum Gasteiger partial charge on any atom is -0.508 e. The van der Waals surface area contributed by atoms with Crippen LogP contribution < -0.4 is 5.32 Å². The van der Waals surface area contributed by atoms with E-state index < -0.39 is 0 Å². The lowest BCUT2D eigenvalue weighted by atomic mass is 10.1. The summed E-state index contributed by atoms with van der Waals surface area (Å²) in [5.41, 5.74) is 2.70. The molecule has 4 rings (SSSR count). The highest BCUT2D eigenvalue weighted by molar-refractivity contribution is 5.93. The van der Waals surface area contributed by atoms with Crippen LogP contribution in [-0.2, 0) is 4.79 Å². The van der Waals surface area contributed by atoms with Crippen molar-refractivity contribution in [2.45, 2.75) is 12.8 Å². The van der Waals surface area contributed by atoms with Crippen molar-refractivity contribution in [3.63, 3.8) is 0 Å². The number of benzene rings is 1. The second-order valence-electron chi connectivity index (χ2n) is 5.58. The van der Waals surface area contributed by atoms with E-state index in [1.807, 2.05) is 40.9 Å². The van der Waals surface area contributed by atoms with Gasteiger partial charge in [-0.05, 0) is 54.8 Å². The van der Waals surface area contributed by atoms with E-state index in [4.69, 9.17) is 0 Å². The van der Waals surface area contributed by atoms with E-state index in [0.29, 0.717) is 5.82 Å². The molecule has 1 aliphatic rings. The van der Waals surface area contributed by atoms with E-state index in [-0.39, 0.29) is 17.6 Å². The fourth-order valence-electron chi connectivity index (χ4n) is 2.51. The number of imidazole rings is 1. The normalized spacial score (nSPS) is 14.2. The number of phenols is 1. The van der Waals surface area contributed by atoms with Crippen molar-refractivity contribution in [1.82, 2.24) is 9.38 Å². The molecule has 3 aromatic rings. The van der Waals surface area contributed by atoms with Crippen molar-refractivity contribution in [2.75, 3.05) is 5.32 Å². The standard InChI is InChI=1S/C17H15N3O2/c21-13-8-6-11(7-9-13)14-2-1-3-16-18-15(10-20(14)16)19-17(22)12-4-5-12/h1-3,6-10,12,21H,4-5H2,(H,19,22). The zero-order valence-corrected chi connectivity index (χ0v) is 11.9. The molecular formula is C17H15N3O2. The molecule has 2 aromatic heterocycles. The lowest BCUT2D eigenvalue weighted by Gasteiger charge is -2.05. The Labute approximate surface area is 127 Å². The molecule has 0 unspecified atom stereocenters. The first kappa shape index (κ1) is 12.9. The summed E-state index contributed by atoms with van der Waals surface area (Å²) in [6.45, 7) is 0. The number of amides is 1.